The van der Waals surface area contributed by atoms with Crippen LogP contribution in [0.15, 0.2) is 72.8 Å². The topological polar surface area (TPSA) is 84.7 Å². The molecule has 0 bridgehead atoms. The fourth-order valence-electron chi connectivity index (χ4n) is 3.61. The maximum atomic E-state index is 12.6. The first-order valence-corrected chi connectivity index (χ1v) is 10.4. The Morgan fingerprint density at radius 1 is 0.742 bits per heavy atom. The van der Waals surface area contributed by atoms with Gasteiger partial charge >= 0.3 is 0 Å². The molecular formula is C25H25N3O3. The second-order valence-electron chi connectivity index (χ2n) is 7.56. The molecule has 1 aliphatic rings. The third-order valence-corrected chi connectivity index (χ3v) is 5.34. The number of nitrogens with two attached hydrogens (primary N) is 1. The van der Waals surface area contributed by atoms with E-state index in [-0.39, 0.29) is 5.91 Å². The zero-order valence-corrected chi connectivity index (χ0v) is 17.2. The Balaban J connectivity index is 1.35. The molecule has 6 nitrogen and oxygen atoms in total. The molecule has 31 heavy (non-hydrogen) atoms. The molecule has 1 saturated heterocycles. The van der Waals surface area contributed by atoms with Crippen molar-refractivity contribution in [2.75, 3.05) is 23.3 Å². The number of ether oxygens (including phenoxy) is 1. The van der Waals surface area contributed by atoms with E-state index in [0.29, 0.717) is 22.6 Å². The minimum atomic E-state index is -0.483. The van der Waals surface area contributed by atoms with E-state index in [1.165, 1.54) is 24.9 Å². The first-order chi connectivity index (χ1) is 15.1. The number of nitrogens with one attached hydrogen (secondary N) is 1. The van der Waals surface area contributed by atoms with Crippen LogP contribution in [0, 0.1) is 0 Å². The van der Waals surface area contributed by atoms with Gasteiger partial charge in [0, 0.05) is 35.6 Å². The second-order valence-corrected chi connectivity index (χ2v) is 7.56. The summed E-state index contributed by atoms with van der Waals surface area (Å²) in [6.07, 6.45) is 3.77. The van der Waals surface area contributed by atoms with E-state index in [1.54, 1.807) is 48.5 Å². The van der Waals surface area contributed by atoms with Crippen LogP contribution < -0.4 is 20.7 Å². The number of anilines is 2. The molecule has 1 aliphatic heterocycles. The number of carbonyl (C=O) groups excluding carboxylic acids is 2. The van der Waals surface area contributed by atoms with Gasteiger partial charge in [0.05, 0.1) is 0 Å². The van der Waals surface area contributed by atoms with E-state index in [1.807, 2.05) is 12.1 Å². The lowest BCUT2D eigenvalue weighted by atomic mass is 10.1. The van der Waals surface area contributed by atoms with Gasteiger partial charge < -0.3 is 20.7 Å². The Hall–Kier alpha value is -3.80. The Bertz CT molecular complexity index is 1040. The molecule has 1 heterocycles. The van der Waals surface area contributed by atoms with Crippen LogP contribution in [0.25, 0.3) is 0 Å². The first kappa shape index (κ1) is 20.5. The van der Waals surface area contributed by atoms with Crippen LogP contribution in [0.5, 0.6) is 11.5 Å². The highest BCUT2D eigenvalue weighted by Crippen LogP contribution is 2.24. The van der Waals surface area contributed by atoms with Crippen LogP contribution in [0.2, 0.25) is 0 Å². The largest absolute Gasteiger partial charge is 0.457 e. The van der Waals surface area contributed by atoms with Crippen LogP contribution in [0.3, 0.4) is 0 Å². The van der Waals surface area contributed by atoms with Crippen molar-refractivity contribution in [3.63, 3.8) is 0 Å². The SMILES string of the molecule is NC(=O)c1ccc(Oc2ccc(C(=O)Nc3ccc(N4CCCCC4)cc3)cc2)cc1. The van der Waals surface area contributed by atoms with E-state index in [0.717, 1.165) is 18.8 Å². The van der Waals surface area contributed by atoms with E-state index in [4.69, 9.17) is 10.5 Å². The summed E-state index contributed by atoms with van der Waals surface area (Å²) in [5.41, 5.74) is 8.16. The summed E-state index contributed by atoms with van der Waals surface area (Å²) in [5.74, 6) is 0.511. The zero-order valence-electron chi connectivity index (χ0n) is 17.2. The summed E-state index contributed by atoms with van der Waals surface area (Å²) in [5, 5.41) is 2.93. The number of benzene rings is 3. The number of primary amides is 1. The van der Waals surface area contributed by atoms with Gasteiger partial charge in [-0.25, -0.2) is 0 Å². The standard InChI is InChI=1S/C25H25N3O3/c26-24(29)18-4-12-22(13-5-18)31-23-14-6-19(7-15-23)25(30)27-20-8-10-21(11-9-20)28-16-2-1-3-17-28/h4-15H,1-3,16-17H2,(H2,26,29)(H,27,30). The number of nitrogens with zero attached hydrogens (tertiary/aromatic N) is 1. The summed E-state index contributed by atoms with van der Waals surface area (Å²) >= 11 is 0. The number of hydrogen-bond acceptors (Lipinski definition) is 4. The van der Waals surface area contributed by atoms with Crippen LogP contribution in [-0.4, -0.2) is 24.9 Å². The van der Waals surface area contributed by atoms with Gasteiger partial charge in [0.15, 0.2) is 0 Å². The molecule has 0 atom stereocenters. The second kappa shape index (κ2) is 9.34. The summed E-state index contributed by atoms with van der Waals surface area (Å²) in [6, 6.07) is 21.4. The van der Waals surface area contributed by atoms with Crippen molar-refractivity contribution in [1.82, 2.24) is 0 Å². The molecule has 2 amide bonds. The molecule has 3 N–H and O–H groups in total. The summed E-state index contributed by atoms with van der Waals surface area (Å²) in [7, 11) is 0. The van der Waals surface area contributed by atoms with Crippen molar-refractivity contribution in [1.29, 1.82) is 0 Å². The average Bonchev–Trinajstić information content (AvgIpc) is 2.81. The molecule has 158 valence electrons. The van der Waals surface area contributed by atoms with Crippen molar-refractivity contribution in [3.05, 3.63) is 83.9 Å². The fourth-order valence-corrected chi connectivity index (χ4v) is 3.61. The number of hydrogen-bond donors (Lipinski definition) is 2. The van der Waals surface area contributed by atoms with Gasteiger partial charge in [-0.2, -0.15) is 0 Å². The molecule has 0 aliphatic carbocycles. The molecule has 0 radical (unpaired) electrons. The van der Waals surface area contributed by atoms with Gasteiger partial charge in [0.1, 0.15) is 11.5 Å². The predicted molar refractivity (Wildman–Crippen MR) is 122 cm³/mol. The highest BCUT2D eigenvalue weighted by atomic mass is 16.5. The molecule has 3 aromatic carbocycles. The molecule has 1 fully saturated rings. The fraction of sp³-hybridized carbons (Fsp3) is 0.200. The maximum absolute atomic E-state index is 12.6. The number of carbonyl (C=O) groups is 2. The van der Waals surface area contributed by atoms with Crippen molar-refractivity contribution in [2.24, 2.45) is 5.73 Å². The molecule has 0 saturated carbocycles. The Morgan fingerprint density at radius 2 is 1.29 bits per heavy atom. The number of amides is 2. The van der Waals surface area contributed by atoms with Crippen molar-refractivity contribution in [2.45, 2.75) is 19.3 Å². The Kier molecular flexibility index (Phi) is 6.17. The molecule has 3 aromatic rings. The summed E-state index contributed by atoms with van der Waals surface area (Å²) < 4.78 is 5.75. The van der Waals surface area contributed by atoms with Gasteiger partial charge in [-0.3, -0.25) is 9.59 Å². The lowest BCUT2D eigenvalue weighted by Crippen LogP contribution is -2.29. The molecule has 0 spiro atoms. The van der Waals surface area contributed by atoms with Gasteiger partial charge in [-0.05, 0) is 92.1 Å². The van der Waals surface area contributed by atoms with Crippen molar-refractivity contribution >= 4 is 23.2 Å². The minimum absolute atomic E-state index is 0.178. The quantitative estimate of drug-likeness (QED) is 0.604. The Labute approximate surface area is 181 Å². The number of rotatable bonds is 6. The molecular weight excluding hydrogens is 390 g/mol. The summed E-state index contributed by atoms with van der Waals surface area (Å²) in [4.78, 5) is 26.1. The predicted octanol–water partition coefficient (Wildman–Crippen LogP) is 4.82. The van der Waals surface area contributed by atoms with Crippen molar-refractivity contribution in [3.8, 4) is 11.5 Å². The van der Waals surface area contributed by atoms with E-state index < -0.39 is 5.91 Å². The van der Waals surface area contributed by atoms with Gasteiger partial charge in [-0.1, -0.05) is 0 Å². The van der Waals surface area contributed by atoms with E-state index in [9.17, 15) is 9.59 Å². The van der Waals surface area contributed by atoms with Gasteiger partial charge in [0.25, 0.3) is 5.91 Å². The first-order valence-electron chi connectivity index (χ1n) is 10.4. The van der Waals surface area contributed by atoms with Gasteiger partial charge in [0.2, 0.25) is 5.91 Å². The normalized spacial score (nSPS) is 13.5. The van der Waals surface area contributed by atoms with Gasteiger partial charge in [-0.15, -0.1) is 0 Å². The maximum Gasteiger partial charge on any atom is 0.255 e. The lowest BCUT2D eigenvalue weighted by molar-refractivity contribution is 0.0997. The monoisotopic (exact) mass is 415 g/mol. The molecule has 6 heteroatoms. The van der Waals surface area contributed by atoms with Crippen LogP contribution in [0.4, 0.5) is 11.4 Å². The smallest absolute Gasteiger partial charge is 0.255 e. The molecule has 4 rings (SSSR count). The zero-order chi connectivity index (χ0) is 21.6. The minimum Gasteiger partial charge on any atom is -0.457 e. The van der Waals surface area contributed by atoms with Crippen LogP contribution in [-0.2, 0) is 0 Å². The molecule has 0 unspecified atom stereocenters. The highest BCUT2D eigenvalue weighted by molar-refractivity contribution is 6.04. The van der Waals surface area contributed by atoms with Crippen LogP contribution in [0.1, 0.15) is 40.0 Å². The van der Waals surface area contributed by atoms with E-state index in [2.05, 4.69) is 22.3 Å². The molecule has 0 aromatic heterocycles. The van der Waals surface area contributed by atoms with Crippen molar-refractivity contribution < 1.29 is 14.3 Å². The van der Waals surface area contributed by atoms with E-state index >= 15 is 0 Å². The summed E-state index contributed by atoms with van der Waals surface area (Å²) in [6.45, 7) is 2.19. The lowest BCUT2D eigenvalue weighted by Gasteiger charge is -2.28. The average molecular weight is 415 g/mol. The van der Waals surface area contributed by atoms with Crippen LogP contribution >= 0.6 is 0 Å². The third-order valence-electron chi connectivity index (χ3n) is 5.34. The third kappa shape index (κ3) is 5.22. The Morgan fingerprint density at radius 3 is 1.84 bits per heavy atom. The number of piperidine rings is 1. The highest BCUT2D eigenvalue weighted by Gasteiger charge is 2.11.